The number of likely N-dealkylation sites (N-methyl/N-ethyl adjacent to an activating group) is 1. The predicted octanol–water partition coefficient (Wildman–Crippen LogP) is 1.84. The summed E-state index contributed by atoms with van der Waals surface area (Å²) in [4.78, 5) is 6.64. The van der Waals surface area contributed by atoms with E-state index in [-0.39, 0.29) is 0 Å². The molecule has 0 fully saturated rings. The number of hydrogen-bond donors (Lipinski definition) is 2. The van der Waals surface area contributed by atoms with Crippen molar-refractivity contribution >= 4 is 5.96 Å². The van der Waals surface area contributed by atoms with Crippen LogP contribution >= 0.6 is 0 Å². The molecule has 1 aromatic carbocycles. The van der Waals surface area contributed by atoms with Gasteiger partial charge in [0, 0.05) is 13.1 Å². The van der Waals surface area contributed by atoms with Crippen molar-refractivity contribution < 1.29 is 9.47 Å². The number of nitrogens with zero attached hydrogens (tertiary/aromatic N) is 2. The zero-order chi connectivity index (χ0) is 17.1. The van der Waals surface area contributed by atoms with Crippen LogP contribution in [-0.4, -0.2) is 51.8 Å². The zero-order valence-corrected chi connectivity index (χ0v) is 14.8. The van der Waals surface area contributed by atoms with E-state index in [0.717, 1.165) is 25.2 Å². The lowest BCUT2D eigenvalue weighted by Crippen LogP contribution is -2.37. The summed E-state index contributed by atoms with van der Waals surface area (Å²) in [5, 5.41) is 3.14. The first-order chi connectivity index (χ1) is 11.1. The van der Waals surface area contributed by atoms with Gasteiger partial charge in [-0.05, 0) is 37.7 Å². The topological polar surface area (TPSA) is 72.1 Å². The molecule has 23 heavy (non-hydrogen) atoms. The van der Waals surface area contributed by atoms with Crippen LogP contribution in [-0.2, 0) is 6.54 Å². The Bertz CT molecular complexity index is 491. The first-order valence-corrected chi connectivity index (χ1v) is 8.04. The minimum atomic E-state index is 0.462. The van der Waals surface area contributed by atoms with Gasteiger partial charge in [-0.1, -0.05) is 19.4 Å². The first-order valence-electron chi connectivity index (χ1n) is 8.04. The Balaban J connectivity index is 2.41. The molecule has 130 valence electrons. The fraction of sp³-hybridized carbons (Fsp3) is 0.588. The van der Waals surface area contributed by atoms with Gasteiger partial charge in [0.05, 0.1) is 20.8 Å². The van der Waals surface area contributed by atoms with Crippen LogP contribution in [0.25, 0.3) is 0 Å². The quantitative estimate of drug-likeness (QED) is 0.508. The van der Waals surface area contributed by atoms with Crippen molar-refractivity contribution in [1.29, 1.82) is 0 Å². The third-order valence-electron chi connectivity index (χ3n) is 3.57. The number of rotatable bonds is 10. The molecule has 0 amide bonds. The van der Waals surface area contributed by atoms with Crippen LogP contribution in [0.1, 0.15) is 25.3 Å². The van der Waals surface area contributed by atoms with Crippen LogP contribution in [0.4, 0.5) is 0 Å². The molecule has 1 aromatic rings. The maximum atomic E-state index is 5.90. The van der Waals surface area contributed by atoms with E-state index in [2.05, 4.69) is 29.2 Å². The molecule has 6 nitrogen and oxygen atoms in total. The fourth-order valence-electron chi connectivity index (χ4n) is 2.13. The number of hydrogen-bond acceptors (Lipinski definition) is 4. The molecular weight excluding hydrogens is 292 g/mol. The Labute approximate surface area is 139 Å². The van der Waals surface area contributed by atoms with Crippen molar-refractivity contribution in [1.82, 2.24) is 10.2 Å². The largest absolute Gasteiger partial charge is 0.493 e. The molecule has 0 aliphatic rings. The van der Waals surface area contributed by atoms with Crippen molar-refractivity contribution in [3.63, 3.8) is 0 Å². The normalized spacial score (nSPS) is 11.6. The van der Waals surface area contributed by atoms with Gasteiger partial charge in [0.1, 0.15) is 0 Å². The minimum absolute atomic E-state index is 0.462. The lowest BCUT2D eigenvalue weighted by molar-refractivity contribution is 0.332. The number of ether oxygens (including phenoxy) is 2. The van der Waals surface area contributed by atoms with E-state index in [4.69, 9.17) is 15.2 Å². The van der Waals surface area contributed by atoms with Gasteiger partial charge in [0.25, 0.3) is 0 Å². The summed E-state index contributed by atoms with van der Waals surface area (Å²) in [5.41, 5.74) is 6.92. The van der Waals surface area contributed by atoms with Crippen molar-refractivity contribution in [2.24, 2.45) is 10.7 Å². The summed E-state index contributed by atoms with van der Waals surface area (Å²) >= 11 is 0. The second-order valence-electron chi connectivity index (χ2n) is 5.47. The van der Waals surface area contributed by atoms with Crippen LogP contribution < -0.4 is 20.5 Å². The Hall–Kier alpha value is -1.95. The Morgan fingerprint density at radius 3 is 2.61 bits per heavy atom. The number of nitrogens with one attached hydrogen (secondary N) is 1. The SMILES string of the molecule is CCCCN(C)CCNC(N)=NCc1ccc(OC)c(OC)c1. The maximum absolute atomic E-state index is 5.90. The summed E-state index contributed by atoms with van der Waals surface area (Å²) in [6.07, 6.45) is 2.44. The third kappa shape index (κ3) is 7.23. The number of guanidine groups is 1. The van der Waals surface area contributed by atoms with Gasteiger partial charge in [-0.3, -0.25) is 0 Å². The minimum Gasteiger partial charge on any atom is -0.493 e. The highest BCUT2D eigenvalue weighted by Crippen LogP contribution is 2.27. The van der Waals surface area contributed by atoms with Gasteiger partial charge in [0.15, 0.2) is 17.5 Å². The van der Waals surface area contributed by atoms with Gasteiger partial charge in [-0.15, -0.1) is 0 Å². The predicted molar refractivity (Wildman–Crippen MR) is 95.3 cm³/mol. The maximum Gasteiger partial charge on any atom is 0.188 e. The summed E-state index contributed by atoms with van der Waals surface area (Å²) in [5.74, 6) is 1.87. The number of nitrogens with two attached hydrogens (primary N) is 1. The molecule has 3 N–H and O–H groups in total. The van der Waals surface area contributed by atoms with E-state index in [9.17, 15) is 0 Å². The molecule has 6 heteroatoms. The Morgan fingerprint density at radius 1 is 1.22 bits per heavy atom. The van der Waals surface area contributed by atoms with Gasteiger partial charge in [-0.2, -0.15) is 0 Å². The molecule has 0 saturated heterocycles. The van der Waals surface area contributed by atoms with E-state index in [0.29, 0.717) is 24.0 Å². The fourth-order valence-corrected chi connectivity index (χ4v) is 2.13. The van der Waals surface area contributed by atoms with Crippen molar-refractivity contribution in [3.05, 3.63) is 23.8 Å². The molecule has 1 rings (SSSR count). The van der Waals surface area contributed by atoms with Gasteiger partial charge in [-0.25, -0.2) is 4.99 Å². The lowest BCUT2D eigenvalue weighted by atomic mass is 10.2. The summed E-state index contributed by atoms with van der Waals surface area (Å²) in [7, 11) is 5.36. The summed E-state index contributed by atoms with van der Waals surface area (Å²) in [6, 6.07) is 5.74. The van der Waals surface area contributed by atoms with E-state index in [1.54, 1.807) is 14.2 Å². The highest BCUT2D eigenvalue weighted by Gasteiger charge is 2.04. The van der Waals surface area contributed by atoms with E-state index in [1.807, 2.05) is 18.2 Å². The highest BCUT2D eigenvalue weighted by atomic mass is 16.5. The molecular formula is C17H30N4O2. The molecule has 0 aromatic heterocycles. The monoisotopic (exact) mass is 322 g/mol. The molecule has 0 spiro atoms. The second kappa shape index (κ2) is 10.7. The van der Waals surface area contributed by atoms with Gasteiger partial charge in [0.2, 0.25) is 0 Å². The van der Waals surface area contributed by atoms with Crippen LogP contribution in [0, 0.1) is 0 Å². The average Bonchev–Trinajstić information content (AvgIpc) is 2.57. The summed E-state index contributed by atoms with van der Waals surface area (Å²) < 4.78 is 10.5. The molecule has 0 saturated carbocycles. The van der Waals surface area contributed by atoms with E-state index < -0.39 is 0 Å². The van der Waals surface area contributed by atoms with Crippen LogP contribution in [0.3, 0.4) is 0 Å². The Morgan fingerprint density at radius 2 is 1.96 bits per heavy atom. The average molecular weight is 322 g/mol. The van der Waals surface area contributed by atoms with Crippen LogP contribution in [0.2, 0.25) is 0 Å². The highest BCUT2D eigenvalue weighted by molar-refractivity contribution is 5.77. The van der Waals surface area contributed by atoms with Crippen LogP contribution in [0.15, 0.2) is 23.2 Å². The lowest BCUT2D eigenvalue weighted by Gasteiger charge is -2.16. The molecule has 0 aliphatic carbocycles. The van der Waals surface area contributed by atoms with E-state index in [1.165, 1.54) is 12.8 Å². The standard InChI is InChI=1S/C17H30N4O2/c1-5-6-10-21(2)11-9-19-17(18)20-13-14-7-8-15(22-3)16(12-14)23-4/h7-8,12H,5-6,9-11,13H2,1-4H3,(H3,18,19,20). The van der Waals surface area contributed by atoms with Gasteiger partial charge >= 0.3 is 0 Å². The first kappa shape index (κ1) is 19.1. The number of benzene rings is 1. The molecule has 0 radical (unpaired) electrons. The molecule has 0 atom stereocenters. The number of unbranched alkanes of at least 4 members (excludes halogenated alkanes) is 1. The zero-order valence-electron chi connectivity index (χ0n) is 14.8. The van der Waals surface area contributed by atoms with E-state index >= 15 is 0 Å². The number of aliphatic imine (C=N–C) groups is 1. The van der Waals surface area contributed by atoms with Crippen LogP contribution in [0.5, 0.6) is 11.5 Å². The van der Waals surface area contributed by atoms with Crippen molar-refractivity contribution in [3.8, 4) is 11.5 Å². The molecule has 0 aliphatic heterocycles. The number of methoxy groups -OCH3 is 2. The Kier molecular flexibility index (Phi) is 8.90. The van der Waals surface area contributed by atoms with Crippen molar-refractivity contribution in [2.75, 3.05) is 40.9 Å². The van der Waals surface area contributed by atoms with Crippen molar-refractivity contribution in [2.45, 2.75) is 26.3 Å². The second-order valence-corrected chi connectivity index (χ2v) is 5.47. The summed E-state index contributed by atoms with van der Waals surface area (Å²) in [6.45, 7) is 5.56. The van der Waals surface area contributed by atoms with Gasteiger partial charge < -0.3 is 25.4 Å². The third-order valence-corrected chi connectivity index (χ3v) is 3.57. The smallest absolute Gasteiger partial charge is 0.188 e. The molecule has 0 heterocycles. The molecule has 0 unspecified atom stereocenters. The molecule has 0 bridgehead atoms.